The molecular weight excluding hydrogens is 353 g/mol. The van der Waals surface area contributed by atoms with Crippen LogP contribution in [-0.2, 0) is 13.6 Å². The maximum Gasteiger partial charge on any atom is 0.223 e. The summed E-state index contributed by atoms with van der Waals surface area (Å²) in [4.78, 5) is 13.6. The van der Waals surface area contributed by atoms with Crippen molar-refractivity contribution in [3.63, 3.8) is 0 Å². The van der Waals surface area contributed by atoms with Gasteiger partial charge >= 0.3 is 0 Å². The van der Waals surface area contributed by atoms with Gasteiger partial charge in [-0.1, -0.05) is 36.4 Å². The normalized spacial score (nSPS) is 10.8. The Bertz CT molecular complexity index is 1120. The van der Waals surface area contributed by atoms with Crippen molar-refractivity contribution in [1.29, 1.82) is 0 Å². The zero-order valence-corrected chi connectivity index (χ0v) is 15.7. The molecule has 28 heavy (non-hydrogen) atoms. The molecular formula is C22H20FN5. The number of rotatable bonds is 5. The molecule has 0 aliphatic rings. The summed E-state index contributed by atoms with van der Waals surface area (Å²) >= 11 is 0. The lowest BCUT2D eigenvalue weighted by Gasteiger charge is -2.12. The molecule has 2 aromatic carbocycles. The van der Waals surface area contributed by atoms with Crippen LogP contribution in [0.25, 0.3) is 22.6 Å². The molecule has 0 saturated carbocycles. The molecule has 1 N–H and O–H groups in total. The largest absolute Gasteiger partial charge is 0.350 e. The fourth-order valence-electron chi connectivity index (χ4n) is 3.08. The van der Waals surface area contributed by atoms with Gasteiger partial charge in [-0.15, -0.1) is 0 Å². The summed E-state index contributed by atoms with van der Waals surface area (Å²) in [7, 11) is 1.90. The van der Waals surface area contributed by atoms with E-state index >= 15 is 0 Å². The lowest BCUT2D eigenvalue weighted by molar-refractivity contribution is 0.628. The summed E-state index contributed by atoms with van der Waals surface area (Å²) in [5.74, 6) is 0.895. The van der Waals surface area contributed by atoms with Gasteiger partial charge in [-0.25, -0.2) is 19.3 Å². The lowest BCUT2D eigenvalue weighted by Crippen LogP contribution is -2.07. The molecule has 0 spiro atoms. The molecule has 4 rings (SSSR count). The van der Waals surface area contributed by atoms with Gasteiger partial charge in [-0.2, -0.15) is 0 Å². The van der Waals surface area contributed by atoms with E-state index in [1.807, 2.05) is 36.0 Å². The van der Waals surface area contributed by atoms with Crippen molar-refractivity contribution >= 4 is 5.95 Å². The molecule has 0 radical (unpaired) electrons. The molecule has 0 fully saturated rings. The maximum absolute atomic E-state index is 13.8. The monoisotopic (exact) mass is 373 g/mol. The van der Waals surface area contributed by atoms with E-state index < -0.39 is 0 Å². The van der Waals surface area contributed by atoms with Crippen LogP contribution in [0, 0.1) is 12.7 Å². The van der Waals surface area contributed by atoms with Crippen LogP contribution in [0.15, 0.2) is 67.1 Å². The third-order valence-electron chi connectivity index (χ3n) is 4.66. The van der Waals surface area contributed by atoms with Gasteiger partial charge in [0.15, 0.2) is 5.82 Å². The van der Waals surface area contributed by atoms with Crippen LogP contribution in [0.2, 0.25) is 0 Å². The van der Waals surface area contributed by atoms with Gasteiger partial charge in [0.05, 0.1) is 0 Å². The van der Waals surface area contributed by atoms with E-state index in [1.165, 1.54) is 23.3 Å². The van der Waals surface area contributed by atoms with Crippen molar-refractivity contribution in [3.05, 3.63) is 84.1 Å². The molecule has 0 aliphatic carbocycles. The van der Waals surface area contributed by atoms with Gasteiger partial charge in [-0.05, 0) is 35.7 Å². The van der Waals surface area contributed by atoms with Crippen LogP contribution in [0.1, 0.15) is 11.1 Å². The predicted molar refractivity (Wildman–Crippen MR) is 108 cm³/mol. The Kier molecular flexibility index (Phi) is 4.85. The Morgan fingerprint density at radius 3 is 2.68 bits per heavy atom. The molecule has 2 heterocycles. The number of aryl methyl sites for hydroxylation is 2. The third kappa shape index (κ3) is 3.62. The number of aromatic nitrogens is 4. The van der Waals surface area contributed by atoms with Crippen LogP contribution >= 0.6 is 0 Å². The standard InChI is InChI=1S/C22H20FN5/c1-15-6-3-4-7-17(15)13-25-22-26-14-19(16-8-5-9-18(23)12-16)20(27-22)21-24-10-11-28(21)2/h3-12,14H,13H2,1-2H3,(H,25,26,27). The Labute approximate surface area is 162 Å². The summed E-state index contributed by atoms with van der Waals surface area (Å²) in [5.41, 5.74) is 4.48. The summed E-state index contributed by atoms with van der Waals surface area (Å²) in [6, 6.07) is 14.6. The van der Waals surface area contributed by atoms with Crippen molar-refractivity contribution in [3.8, 4) is 22.6 Å². The van der Waals surface area contributed by atoms with E-state index in [4.69, 9.17) is 4.98 Å². The molecule has 6 heteroatoms. The Morgan fingerprint density at radius 2 is 1.93 bits per heavy atom. The SMILES string of the molecule is Cc1ccccc1CNc1ncc(-c2cccc(F)c2)c(-c2nccn2C)n1. The quantitative estimate of drug-likeness (QED) is 0.555. The molecule has 2 aromatic heterocycles. The highest BCUT2D eigenvalue weighted by molar-refractivity contribution is 5.78. The number of anilines is 1. The van der Waals surface area contributed by atoms with Crippen LogP contribution in [-0.4, -0.2) is 19.5 Å². The second kappa shape index (κ2) is 7.60. The van der Waals surface area contributed by atoms with Crippen LogP contribution < -0.4 is 5.32 Å². The van der Waals surface area contributed by atoms with Gasteiger partial charge in [0.25, 0.3) is 0 Å². The summed E-state index contributed by atoms with van der Waals surface area (Å²) in [6.45, 7) is 2.69. The Morgan fingerprint density at radius 1 is 1.07 bits per heavy atom. The van der Waals surface area contributed by atoms with Gasteiger partial charge < -0.3 is 9.88 Å². The van der Waals surface area contributed by atoms with Crippen molar-refractivity contribution in [2.24, 2.45) is 7.05 Å². The number of imidazole rings is 1. The van der Waals surface area contributed by atoms with Gasteiger partial charge in [0.1, 0.15) is 11.5 Å². The highest BCUT2D eigenvalue weighted by Gasteiger charge is 2.15. The minimum Gasteiger partial charge on any atom is -0.350 e. The zero-order chi connectivity index (χ0) is 19.5. The molecule has 0 aliphatic heterocycles. The van der Waals surface area contributed by atoms with Gasteiger partial charge in [0.2, 0.25) is 5.95 Å². The molecule has 4 aromatic rings. The van der Waals surface area contributed by atoms with E-state index in [2.05, 4.69) is 34.3 Å². The second-order valence-corrected chi connectivity index (χ2v) is 6.61. The minimum atomic E-state index is -0.301. The summed E-state index contributed by atoms with van der Waals surface area (Å²) < 4.78 is 15.6. The van der Waals surface area contributed by atoms with Gasteiger partial charge in [-0.3, -0.25) is 0 Å². The number of benzene rings is 2. The number of hydrogen-bond donors (Lipinski definition) is 1. The minimum absolute atomic E-state index is 0.301. The predicted octanol–water partition coefficient (Wildman–Crippen LogP) is 4.60. The first-order chi connectivity index (χ1) is 13.6. The third-order valence-corrected chi connectivity index (χ3v) is 4.66. The second-order valence-electron chi connectivity index (χ2n) is 6.61. The highest BCUT2D eigenvalue weighted by atomic mass is 19.1. The molecule has 0 amide bonds. The number of halogens is 1. The Balaban J connectivity index is 1.73. The van der Waals surface area contributed by atoms with Crippen LogP contribution in [0.3, 0.4) is 0 Å². The van der Waals surface area contributed by atoms with E-state index in [1.54, 1.807) is 18.5 Å². The number of nitrogens with one attached hydrogen (secondary N) is 1. The molecule has 140 valence electrons. The van der Waals surface area contributed by atoms with E-state index in [0.29, 0.717) is 29.6 Å². The maximum atomic E-state index is 13.8. The smallest absolute Gasteiger partial charge is 0.223 e. The number of nitrogens with zero attached hydrogens (tertiary/aromatic N) is 4. The van der Waals surface area contributed by atoms with Crippen LogP contribution in [0.4, 0.5) is 10.3 Å². The van der Waals surface area contributed by atoms with E-state index in [-0.39, 0.29) is 5.82 Å². The van der Waals surface area contributed by atoms with Crippen LogP contribution in [0.5, 0.6) is 0 Å². The molecule has 0 saturated heterocycles. The molecule has 0 unspecified atom stereocenters. The Hall–Kier alpha value is -3.54. The van der Waals surface area contributed by atoms with E-state index in [9.17, 15) is 4.39 Å². The first-order valence-corrected chi connectivity index (χ1v) is 9.01. The molecule has 5 nitrogen and oxygen atoms in total. The topological polar surface area (TPSA) is 55.6 Å². The van der Waals surface area contributed by atoms with Crippen molar-refractivity contribution < 1.29 is 4.39 Å². The average molecular weight is 373 g/mol. The molecule has 0 atom stereocenters. The van der Waals surface area contributed by atoms with E-state index in [0.717, 1.165) is 5.56 Å². The fraction of sp³-hybridized carbons (Fsp3) is 0.136. The first kappa shape index (κ1) is 17.9. The van der Waals surface area contributed by atoms with Crippen molar-refractivity contribution in [2.75, 3.05) is 5.32 Å². The lowest BCUT2D eigenvalue weighted by atomic mass is 10.1. The average Bonchev–Trinajstić information content (AvgIpc) is 3.13. The zero-order valence-electron chi connectivity index (χ0n) is 15.7. The first-order valence-electron chi connectivity index (χ1n) is 9.01. The van der Waals surface area contributed by atoms with Gasteiger partial charge in [0, 0.05) is 37.7 Å². The van der Waals surface area contributed by atoms with Crippen molar-refractivity contribution in [2.45, 2.75) is 13.5 Å². The highest BCUT2D eigenvalue weighted by Crippen LogP contribution is 2.30. The fourth-order valence-corrected chi connectivity index (χ4v) is 3.08. The number of hydrogen-bond acceptors (Lipinski definition) is 4. The molecule has 0 bridgehead atoms. The van der Waals surface area contributed by atoms with Crippen molar-refractivity contribution in [1.82, 2.24) is 19.5 Å². The summed E-state index contributed by atoms with van der Waals surface area (Å²) in [5, 5.41) is 3.28. The summed E-state index contributed by atoms with van der Waals surface area (Å²) in [6.07, 6.45) is 5.28.